The minimum atomic E-state index is -0.462. The monoisotopic (exact) mass is 267 g/mol. The molecular formula is C16H13NO3. The van der Waals surface area contributed by atoms with Gasteiger partial charge in [-0.2, -0.15) is 5.26 Å². The molecule has 0 saturated carbocycles. The van der Waals surface area contributed by atoms with Crippen molar-refractivity contribution in [2.75, 3.05) is 6.61 Å². The lowest BCUT2D eigenvalue weighted by molar-refractivity contribution is 0.0728. The second-order valence-electron chi connectivity index (χ2n) is 3.96. The number of nitriles is 1. The van der Waals surface area contributed by atoms with Crippen molar-refractivity contribution in [3.05, 3.63) is 59.7 Å². The molecule has 0 aliphatic carbocycles. The summed E-state index contributed by atoms with van der Waals surface area (Å²) in [4.78, 5) is 12.0. The molecular weight excluding hydrogens is 254 g/mol. The Morgan fingerprint density at radius 3 is 2.55 bits per heavy atom. The van der Waals surface area contributed by atoms with Gasteiger partial charge in [0.1, 0.15) is 0 Å². The van der Waals surface area contributed by atoms with E-state index in [1.54, 1.807) is 42.5 Å². The fourth-order valence-electron chi connectivity index (χ4n) is 1.66. The Morgan fingerprint density at radius 1 is 1.15 bits per heavy atom. The molecule has 0 aromatic heterocycles. The SMILES string of the molecule is CCOc1cc(C#N)ccc1OC(=O)c1ccccc1. The highest BCUT2D eigenvalue weighted by molar-refractivity contribution is 5.91. The second-order valence-corrected chi connectivity index (χ2v) is 3.96. The van der Waals surface area contributed by atoms with Crippen LogP contribution >= 0.6 is 0 Å². The smallest absolute Gasteiger partial charge is 0.343 e. The number of ether oxygens (including phenoxy) is 2. The largest absolute Gasteiger partial charge is 0.490 e. The van der Waals surface area contributed by atoms with Crippen LogP contribution in [0.2, 0.25) is 0 Å². The molecule has 2 aromatic rings. The van der Waals surface area contributed by atoms with Crippen LogP contribution in [0.4, 0.5) is 0 Å². The molecule has 0 aliphatic rings. The van der Waals surface area contributed by atoms with E-state index in [0.29, 0.717) is 29.2 Å². The third-order valence-corrected chi connectivity index (χ3v) is 2.58. The van der Waals surface area contributed by atoms with Gasteiger partial charge in [0.15, 0.2) is 11.5 Å². The molecule has 0 unspecified atom stereocenters. The maximum Gasteiger partial charge on any atom is 0.343 e. The zero-order valence-electron chi connectivity index (χ0n) is 11.0. The Kier molecular flexibility index (Phi) is 4.35. The van der Waals surface area contributed by atoms with Crippen LogP contribution in [0.1, 0.15) is 22.8 Å². The van der Waals surface area contributed by atoms with E-state index in [4.69, 9.17) is 14.7 Å². The molecule has 20 heavy (non-hydrogen) atoms. The average molecular weight is 267 g/mol. The van der Waals surface area contributed by atoms with Crippen molar-refractivity contribution in [3.63, 3.8) is 0 Å². The summed E-state index contributed by atoms with van der Waals surface area (Å²) in [6.07, 6.45) is 0. The maximum atomic E-state index is 12.0. The summed E-state index contributed by atoms with van der Waals surface area (Å²) >= 11 is 0. The van der Waals surface area contributed by atoms with Gasteiger partial charge in [0, 0.05) is 6.07 Å². The Labute approximate surface area is 117 Å². The van der Waals surface area contributed by atoms with Crippen LogP contribution in [-0.2, 0) is 0 Å². The van der Waals surface area contributed by atoms with Crippen LogP contribution in [0.3, 0.4) is 0 Å². The van der Waals surface area contributed by atoms with Crippen molar-refractivity contribution in [2.24, 2.45) is 0 Å². The summed E-state index contributed by atoms with van der Waals surface area (Å²) in [5.41, 5.74) is 0.910. The zero-order chi connectivity index (χ0) is 14.4. The van der Waals surface area contributed by atoms with Gasteiger partial charge in [-0.1, -0.05) is 18.2 Å². The molecule has 0 radical (unpaired) electrons. The van der Waals surface area contributed by atoms with Crippen LogP contribution in [-0.4, -0.2) is 12.6 Å². The maximum absolute atomic E-state index is 12.0. The van der Waals surface area contributed by atoms with Gasteiger partial charge in [-0.15, -0.1) is 0 Å². The summed E-state index contributed by atoms with van der Waals surface area (Å²) in [5.74, 6) is 0.229. The van der Waals surface area contributed by atoms with E-state index in [1.807, 2.05) is 19.1 Å². The van der Waals surface area contributed by atoms with Gasteiger partial charge in [-0.3, -0.25) is 0 Å². The van der Waals surface area contributed by atoms with E-state index in [-0.39, 0.29) is 0 Å². The highest BCUT2D eigenvalue weighted by atomic mass is 16.6. The third-order valence-electron chi connectivity index (χ3n) is 2.58. The molecule has 100 valence electrons. The van der Waals surface area contributed by atoms with Gasteiger partial charge in [0.2, 0.25) is 0 Å². The predicted molar refractivity (Wildman–Crippen MR) is 73.7 cm³/mol. The number of carbonyl (C=O) groups is 1. The molecule has 0 bridgehead atoms. The Hall–Kier alpha value is -2.80. The molecule has 0 N–H and O–H groups in total. The Balaban J connectivity index is 2.25. The normalized spacial score (nSPS) is 9.60. The number of hydrogen-bond donors (Lipinski definition) is 0. The standard InChI is InChI=1S/C16H13NO3/c1-2-19-15-10-12(11-17)8-9-14(15)20-16(18)13-6-4-3-5-7-13/h3-10H,2H2,1H3. The molecule has 0 amide bonds. The number of hydrogen-bond acceptors (Lipinski definition) is 4. The number of nitrogens with zero attached hydrogens (tertiary/aromatic N) is 1. The molecule has 0 heterocycles. The van der Waals surface area contributed by atoms with Crippen molar-refractivity contribution in [2.45, 2.75) is 6.92 Å². The highest BCUT2D eigenvalue weighted by Gasteiger charge is 2.12. The second kappa shape index (κ2) is 6.39. The van der Waals surface area contributed by atoms with Crippen LogP contribution in [0.25, 0.3) is 0 Å². The van der Waals surface area contributed by atoms with Crippen molar-refractivity contribution in [1.29, 1.82) is 5.26 Å². The van der Waals surface area contributed by atoms with E-state index >= 15 is 0 Å². The van der Waals surface area contributed by atoms with E-state index in [2.05, 4.69) is 0 Å². The molecule has 2 rings (SSSR count). The van der Waals surface area contributed by atoms with Crippen LogP contribution < -0.4 is 9.47 Å². The molecule has 0 saturated heterocycles. The van der Waals surface area contributed by atoms with Crippen LogP contribution in [0, 0.1) is 11.3 Å². The van der Waals surface area contributed by atoms with E-state index in [9.17, 15) is 4.79 Å². The van der Waals surface area contributed by atoms with Gasteiger partial charge in [0.05, 0.1) is 23.8 Å². The van der Waals surface area contributed by atoms with E-state index < -0.39 is 5.97 Å². The fraction of sp³-hybridized carbons (Fsp3) is 0.125. The Bertz CT molecular complexity index is 645. The lowest BCUT2D eigenvalue weighted by Crippen LogP contribution is -2.09. The Morgan fingerprint density at radius 2 is 1.90 bits per heavy atom. The first-order chi connectivity index (χ1) is 9.74. The van der Waals surface area contributed by atoms with Gasteiger partial charge in [-0.25, -0.2) is 4.79 Å². The number of rotatable bonds is 4. The van der Waals surface area contributed by atoms with Crippen molar-refractivity contribution in [3.8, 4) is 17.6 Å². The summed E-state index contributed by atoms with van der Waals surface area (Å²) in [6, 6.07) is 15.4. The molecule has 0 aliphatic heterocycles. The highest BCUT2D eigenvalue weighted by Crippen LogP contribution is 2.29. The molecule has 0 atom stereocenters. The van der Waals surface area contributed by atoms with E-state index in [0.717, 1.165) is 0 Å². The first-order valence-corrected chi connectivity index (χ1v) is 6.18. The summed E-state index contributed by atoms with van der Waals surface area (Å²) in [7, 11) is 0. The molecule has 2 aromatic carbocycles. The van der Waals surface area contributed by atoms with Gasteiger partial charge >= 0.3 is 5.97 Å². The van der Waals surface area contributed by atoms with Gasteiger partial charge in [-0.05, 0) is 31.2 Å². The number of benzene rings is 2. The summed E-state index contributed by atoms with van der Waals surface area (Å²) < 4.78 is 10.7. The number of carbonyl (C=O) groups excluding carboxylic acids is 1. The predicted octanol–water partition coefficient (Wildman–Crippen LogP) is 3.18. The van der Waals surface area contributed by atoms with Crippen LogP contribution in [0.15, 0.2) is 48.5 Å². The fourth-order valence-corrected chi connectivity index (χ4v) is 1.66. The van der Waals surface area contributed by atoms with Crippen LogP contribution in [0.5, 0.6) is 11.5 Å². The molecule has 4 heteroatoms. The molecule has 0 fully saturated rings. The summed E-state index contributed by atoms with van der Waals surface area (Å²) in [6.45, 7) is 2.24. The lowest BCUT2D eigenvalue weighted by atomic mass is 10.2. The first-order valence-electron chi connectivity index (χ1n) is 6.18. The van der Waals surface area contributed by atoms with Crippen molar-refractivity contribution in [1.82, 2.24) is 0 Å². The minimum absolute atomic E-state index is 0.305. The van der Waals surface area contributed by atoms with E-state index in [1.165, 1.54) is 0 Å². The quantitative estimate of drug-likeness (QED) is 0.630. The van der Waals surface area contributed by atoms with Crippen molar-refractivity contribution < 1.29 is 14.3 Å². The topological polar surface area (TPSA) is 59.3 Å². The number of esters is 1. The average Bonchev–Trinajstić information content (AvgIpc) is 2.50. The molecule has 4 nitrogen and oxygen atoms in total. The third kappa shape index (κ3) is 3.15. The van der Waals surface area contributed by atoms with Gasteiger partial charge < -0.3 is 9.47 Å². The van der Waals surface area contributed by atoms with Gasteiger partial charge in [0.25, 0.3) is 0 Å². The lowest BCUT2D eigenvalue weighted by Gasteiger charge is -2.10. The molecule has 0 spiro atoms. The first kappa shape index (κ1) is 13.6. The summed E-state index contributed by atoms with van der Waals surface area (Å²) in [5, 5.41) is 8.87. The van der Waals surface area contributed by atoms with Crippen molar-refractivity contribution >= 4 is 5.97 Å². The zero-order valence-corrected chi connectivity index (χ0v) is 11.0. The minimum Gasteiger partial charge on any atom is -0.490 e.